The number of hydrogen-bond acceptors (Lipinski definition) is 4. The predicted molar refractivity (Wildman–Crippen MR) is 70.3 cm³/mol. The molecule has 1 aromatic rings. The van der Waals surface area contributed by atoms with Gasteiger partial charge >= 0.3 is 0 Å². The molecule has 0 spiro atoms. The lowest BCUT2D eigenvalue weighted by molar-refractivity contribution is 0.169. The quantitative estimate of drug-likeness (QED) is 0.809. The Morgan fingerprint density at radius 3 is 2.61 bits per heavy atom. The first-order chi connectivity index (χ1) is 8.67. The average Bonchev–Trinajstić information content (AvgIpc) is 3.19. The minimum Gasteiger partial charge on any atom is -0.496 e. The molecule has 0 aliphatic heterocycles. The highest BCUT2D eigenvalue weighted by molar-refractivity contribution is 5.50. The summed E-state index contributed by atoms with van der Waals surface area (Å²) in [5, 5.41) is 13.5. The smallest absolute Gasteiger partial charge is 0.131 e. The van der Waals surface area contributed by atoms with E-state index in [0.717, 1.165) is 16.9 Å². The highest BCUT2D eigenvalue weighted by Gasteiger charge is 2.23. The van der Waals surface area contributed by atoms with E-state index in [1.807, 2.05) is 19.1 Å². The molecule has 1 aliphatic carbocycles. The van der Waals surface area contributed by atoms with Crippen molar-refractivity contribution >= 4 is 0 Å². The van der Waals surface area contributed by atoms with Crippen LogP contribution in [0.5, 0.6) is 11.5 Å². The van der Waals surface area contributed by atoms with Crippen molar-refractivity contribution in [3.63, 3.8) is 0 Å². The molecule has 0 amide bonds. The Kier molecular flexibility index (Phi) is 4.09. The van der Waals surface area contributed by atoms with E-state index in [9.17, 15) is 5.11 Å². The third-order valence-corrected chi connectivity index (χ3v) is 3.35. The van der Waals surface area contributed by atoms with Crippen molar-refractivity contribution in [2.75, 3.05) is 20.8 Å². The van der Waals surface area contributed by atoms with Crippen molar-refractivity contribution in [3.8, 4) is 11.5 Å². The number of ether oxygens (including phenoxy) is 2. The second-order valence-corrected chi connectivity index (χ2v) is 4.71. The van der Waals surface area contributed by atoms with Gasteiger partial charge in [0.15, 0.2) is 0 Å². The van der Waals surface area contributed by atoms with Crippen LogP contribution in [0.25, 0.3) is 0 Å². The van der Waals surface area contributed by atoms with Gasteiger partial charge in [0.25, 0.3) is 0 Å². The van der Waals surface area contributed by atoms with Crippen molar-refractivity contribution in [2.45, 2.75) is 31.9 Å². The Hall–Kier alpha value is -1.26. The summed E-state index contributed by atoms with van der Waals surface area (Å²) in [5.74, 6) is 1.48. The molecule has 0 aromatic heterocycles. The molecule has 100 valence electrons. The van der Waals surface area contributed by atoms with Crippen LogP contribution in [-0.4, -0.2) is 31.9 Å². The van der Waals surface area contributed by atoms with Crippen molar-refractivity contribution in [1.82, 2.24) is 5.32 Å². The maximum atomic E-state index is 10.2. The molecule has 2 N–H and O–H groups in total. The lowest BCUT2D eigenvalue weighted by Crippen LogP contribution is -2.23. The number of aliphatic hydroxyl groups excluding tert-OH is 1. The molecular formula is C14H21NO3. The Morgan fingerprint density at radius 2 is 2.06 bits per heavy atom. The largest absolute Gasteiger partial charge is 0.496 e. The summed E-state index contributed by atoms with van der Waals surface area (Å²) in [6.45, 7) is 2.50. The molecule has 1 unspecified atom stereocenters. The van der Waals surface area contributed by atoms with Crippen LogP contribution in [0.4, 0.5) is 0 Å². The lowest BCUT2D eigenvalue weighted by atomic mass is 10.0. The van der Waals surface area contributed by atoms with Crippen LogP contribution in [0.1, 0.15) is 30.1 Å². The van der Waals surface area contributed by atoms with Gasteiger partial charge in [0.1, 0.15) is 11.5 Å². The number of methoxy groups -OCH3 is 2. The van der Waals surface area contributed by atoms with Crippen LogP contribution < -0.4 is 14.8 Å². The normalized spacial score (nSPS) is 16.4. The zero-order valence-corrected chi connectivity index (χ0v) is 11.2. The summed E-state index contributed by atoms with van der Waals surface area (Å²) in [7, 11) is 3.25. The predicted octanol–water partition coefficient (Wildman–Crippen LogP) is 1.80. The Morgan fingerprint density at radius 1 is 1.33 bits per heavy atom. The second-order valence-electron chi connectivity index (χ2n) is 4.71. The molecule has 18 heavy (non-hydrogen) atoms. The standard InChI is InChI=1S/C14H21NO3/c1-9-13(17-2)7-6-11(14(9)18-3)12(16)8-15-10-4-5-10/h6-7,10,12,15-16H,4-5,8H2,1-3H3. The first-order valence-electron chi connectivity index (χ1n) is 6.30. The van der Waals surface area contributed by atoms with Gasteiger partial charge < -0.3 is 19.9 Å². The topological polar surface area (TPSA) is 50.7 Å². The maximum Gasteiger partial charge on any atom is 0.131 e. The van der Waals surface area contributed by atoms with Gasteiger partial charge in [-0.15, -0.1) is 0 Å². The third-order valence-electron chi connectivity index (χ3n) is 3.35. The Balaban J connectivity index is 2.16. The van der Waals surface area contributed by atoms with Crippen LogP contribution in [0.2, 0.25) is 0 Å². The minimum absolute atomic E-state index is 0.551. The number of aliphatic hydroxyl groups is 1. The first kappa shape index (κ1) is 13.2. The van der Waals surface area contributed by atoms with E-state index in [4.69, 9.17) is 9.47 Å². The van der Waals surface area contributed by atoms with E-state index in [1.54, 1.807) is 14.2 Å². The van der Waals surface area contributed by atoms with E-state index in [2.05, 4.69) is 5.32 Å². The molecular weight excluding hydrogens is 230 g/mol. The third kappa shape index (κ3) is 2.76. The van der Waals surface area contributed by atoms with Gasteiger partial charge in [-0.25, -0.2) is 0 Å². The van der Waals surface area contributed by atoms with Crippen LogP contribution in [0.15, 0.2) is 12.1 Å². The van der Waals surface area contributed by atoms with E-state index >= 15 is 0 Å². The Labute approximate surface area is 108 Å². The van der Waals surface area contributed by atoms with Crippen LogP contribution in [-0.2, 0) is 0 Å². The first-order valence-corrected chi connectivity index (χ1v) is 6.30. The molecule has 4 nitrogen and oxygen atoms in total. The number of rotatable bonds is 6. The zero-order chi connectivity index (χ0) is 13.1. The summed E-state index contributed by atoms with van der Waals surface area (Å²) >= 11 is 0. The molecule has 0 radical (unpaired) electrons. The lowest BCUT2D eigenvalue weighted by Gasteiger charge is -2.18. The summed E-state index contributed by atoms with van der Waals surface area (Å²) < 4.78 is 10.6. The molecule has 0 bridgehead atoms. The average molecular weight is 251 g/mol. The highest BCUT2D eigenvalue weighted by atomic mass is 16.5. The van der Waals surface area contributed by atoms with Gasteiger partial charge in [0.2, 0.25) is 0 Å². The van der Waals surface area contributed by atoms with Crippen molar-refractivity contribution in [2.24, 2.45) is 0 Å². The highest BCUT2D eigenvalue weighted by Crippen LogP contribution is 2.34. The van der Waals surface area contributed by atoms with Gasteiger partial charge in [-0.2, -0.15) is 0 Å². The van der Waals surface area contributed by atoms with E-state index < -0.39 is 6.10 Å². The van der Waals surface area contributed by atoms with Crippen LogP contribution in [0.3, 0.4) is 0 Å². The fraction of sp³-hybridized carbons (Fsp3) is 0.571. The molecule has 2 rings (SSSR count). The van der Waals surface area contributed by atoms with Crippen LogP contribution >= 0.6 is 0 Å². The van der Waals surface area contributed by atoms with Crippen molar-refractivity contribution in [3.05, 3.63) is 23.3 Å². The van der Waals surface area contributed by atoms with E-state index in [1.165, 1.54) is 12.8 Å². The molecule has 1 aromatic carbocycles. The molecule has 0 heterocycles. The summed E-state index contributed by atoms with van der Waals surface area (Å²) in [6.07, 6.45) is 1.88. The number of nitrogens with one attached hydrogen (secondary N) is 1. The summed E-state index contributed by atoms with van der Waals surface area (Å²) in [5.41, 5.74) is 1.73. The second kappa shape index (κ2) is 5.59. The maximum absolute atomic E-state index is 10.2. The van der Waals surface area contributed by atoms with Gasteiger partial charge in [-0.3, -0.25) is 0 Å². The van der Waals surface area contributed by atoms with E-state index in [-0.39, 0.29) is 0 Å². The minimum atomic E-state index is -0.551. The number of benzene rings is 1. The monoisotopic (exact) mass is 251 g/mol. The molecule has 1 atom stereocenters. The van der Waals surface area contributed by atoms with Gasteiger partial charge in [-0.05, 0) is 31.9 Å². The van der Waals surface area contributed by atoms with Gasteiger partial charge in [0, 0.05) is 23.7 Å². The molecule has 0 saturated heterocycles. The fourth-order valence-corrected chi connectivity index (χ4v) is 2.12. The zero-order valence-electron chi connectivity index (χ0n) is 11.2. The molecule has 4 heteroatoms. The number of hydrogen-bond donors (Lipinski definition) is 2. The van der Waals surface area contributed by atoms with Gasteiger partial charge in [-0.1, -0.05) is 0 Å². The van der Waals surface area contributed by atoms with Gasteiger partial charge in [0.05, 0.1) is 20.3 Å². The summed E-state index contributed by atoms with van der Waals surface area (Å²) in [4.78, 5) is 0. The Bertz CT molecular complexity index is 416. The van der Waals surface area contributed by atoms with Crippen LogP contribution in [0, 0.1) is 6.92 Å². The van der Waals surface area contributed by atoms with Crippen molar-refractivity contribution in [1.29, 1.82) is 0 Å². The molecule has 1 aliphatic rings. The van der Waals surface area contributed by atoms with Crippen molar-refractivity contribution < 1.29 is 14.6 Å². The SMILES string of the molecule is COc1ccc(C(O)CNC2CC2)c(OC)c1C. The molecule has 1 saturated carbocycles. The summed E-state index contributed by atoms with van der Waals surface area (Å²) in [6, 6.07) is 4.32. The fourth-order valence-electron chi connectivity index (χ4n) is 2.12. The molecule has 1 fully saturated rings. The van der Waals surface area contributed by atoms with E-state index in [0.29, 0.717) is 18.3 Å².